The molecule has 0 radical (unpaired) electrons. The number of aromatic nitrogens is 1. The van der Waals surface area contributed by atoms with Gasteiger partial charge in [-0.25, -0.2) is 4.79 Å². The largest absolute Gasteiger partial charge is 0.478 e. The molecule has 290 valence electrons. The Morgan fingerprint density at radius 3 is 1.72 bits per heavy atom. The third kappa shape index (κ3) is 10.6. The second-order valence-corrected chi connectivity index (χ2v) is 14.9. The molecule has 53 heavy (non-hydrogen) atoms. The van der Waals surface area contributed by atoms with Gasteiger partial charge in [0.05, 0.1) is 11.1 Å². The summed E-state index contributed by atoms with van der Waals surface area (Å²) in [6.07, 6.45) is -0.983. The van der Waals surface area contributed by atoms with Crippen LogP contribution in [0.15, 0.2) is 44.1 Å². The van der Waals surface area contributed by atoms with Crippen LogP contribution in [0.4, 0.5) is 24.5 Å². The molecule has 0 unspecified atom stereocenters. The highest BCUT2D eigenvalue weighted by Crippen LogP contribution is 2.34. The molecule has 3 aromatic rings. The van der Waals surface area contributed by atoms with Crippen molar-refractivity contribution in [1.82, 2.24) is 10.3 Å². The molecule has 0 aliphatic carbocycles. The van der Waals surface area contributed by atoms with Gasteiger partial charge in [-0.15, -0.1) is 0 Å². The molecule has 15 heteroatoms. The smallest absolute Gasteiger partial charge is 0.417 e. The maximum Gasteiger partial charge on any atom is 0.417 e. The Hall–Kier alpha value is -3.40. The second-order valence-electron chi connectivity index (χ2n) is 13.1. The number of alkyl halides is 3. The fourth-order valence-electron chi connectivity index (χ4n) is 7.04. The molecule has 0 bridgehead atoms. The van der Waals surface area contributed by atoms with Crippen LogP contribution < -0.4 is 20.7 Å². The Morgan fingerprint density at radius 1 is 0.830 bits per heavy atom. The highest BCUT2D eigenvalue weighted by Gasteiger charge is 2.35. The van der Waals surface area contributed by atoms with Gasteiger partial charge >= 0.3 is 12.1 Å². The highest BCUT2D eigenvalue weighted by atomic mass is 79.9. The highest BCUT2D eigenvalue weighted by molar-refractivity contribution is 9.10. The molecule has 2 fully saturated rings. The van der Waals surface area contributed by atoms with Crippen LogP contribution in [0.3, 0.4) is 0 Å². The van der Waals surface area contributed by atoms with E-state index >= 15 is 0 Å². The Morgan fingerprint density at radius 2 is 1.28 bits per heavy atom. The maximum absolute atomic E-state index is 13.4. The zero-order valence-electron chi connectivity index (χ0n) is 30.6. The van der Waals surface area contributed by atoms with Crippen LogP contribution in [0.1, 0.15) is 88.2 Å². The lowest BCUT2D eigenvalue weighted by Crippen LogP contribution is -2.40. The molecule has 2 aliphatic heterocycles. The number of aryl methyl sites for hydroxylation is 1. The number of aromatic carboxylic acids is 1. The molecular weight excluding hydrogens is 825 g/mol. The minimum Gasteiger partial charge on any atom is -0.478 e. The van der Waals surface area contributed by atoms with E-state index < -0.39 is 41.3 Å². The molecule has 1 amide bonds. The van der Waals surface area contributed by atoms with Gasteiger partial charge in [0.25, 0.3) is 11.5 Å². The molecule has 0 spiro atoms. The molecule has 3 N–H and O–H groups in total. The topological polar surface area (TPSA) is 124 Å². The van der Waals surface area contributed by atoms with Gasteiger partial charge in [0.2, 0.25) is 0 Å². The van der Waals surface area contributed by atoms with Gasteiger partial charge in [-0.3, -0.25) is 9.59 Å². The Balaban J connectivity index is 0.000000267. The van der Waals surface area contributed by atoms with Crippen molar-refractivity contribution in [1.29, 1.82) is 0 Å². The summed E-state index contributed by atoms with van der Waals surface area (Å²) in [5, 5.41) is 11.8. The fourth-order valence-corrected chi connectivity index (χ4v) is 7.93. The number of hydrogen-bond donors (Lipinski definition) is 3. The minimum absolute atomic E-state index is 0.0997. The number of anilines is 2. The maximum atomic E-state index is 13.4. The summed E-state index contributed by atoms with van der Waals surface area (Å²) >= 11 is 6.88. The van der Waals surface area contributed by atoms with Crippen molar-refractivity contribution in [3.05, 3.63) is 88.7 Å². The zero-order chi connectivity index (χ0) is 39.0. The van der Waals surface area contributed by atoms with Gasteiger partial charge in [-0.2, -0.15) is 13.2 Å². The first-order valence-corrected chi connectivity index (χ1v) is 19.3. The molecule has 2 aliphatic rings. The molecule has 0 atom stereocenters. The number of rotatable bonds is 10. The second kappa shape index (κ2) is 18.8. The van der Waals surface area contributed by atoms with Gasteiger partial charge in [-0.1, -0.05) is 31.9 Å². The standard InChI is InChI=1S/C23H27BrF3N3O3.C15H20BrNO3/c1-4-30(16-5-7-33-8-6-16)20-11-15(24)10-17(14(20)3)21(31)28-12-18-19(23(25,26)27)9-13(2)29-22(18)32;1-3-17(12-4-6-20-7-5-12)14-9-11(16)8-13(10(14)2)15(18)19/h9-11,16H,4-8,12H2,1-3H3,(H,28,31)(H,29,32);8-9,12H,3-7H2,1-2H3,(H,18,19). The number of H-pyrrole nitrogens is 1. The first-order valence-electron chi connectivity index (χ1n) is 17.7. The number of nitrogens with zero attached hydrogens (tertiary/aromatic N) is 2. The van der Waals surface area contributed by atoms with Crippen LogP contribution in [-0.2, 0) is 22.2 Å². The zero-order valence-corrected chi connectivity index (χ0v) is 33.8. The normalized spacial score (nSPS) is 15.4. The van der Waals surface area contributed by atoms with E-state index in [0.717, 1.165) is 85.0 Å². The average molecular weight is 873 g/mol. The molecule has 2 saturated heterocycles. The third-order valence-electron chi connectivity index (χ3n) is 9.73. The lowest BCUT2D eigenvalue weighted by molar-refractivity contribution is -0.138. The summed E-state index contributed by atoms with van der Waals surface area (Å²) in [6, 6.07) is 8.82. The number of pyridine rings is 1. The average Bonchev–Trinajstić information content (AvgIpc) is 3.11. The predicted octanol–water partition coefficient (Wildman–Crippen LogP) is 8.17. The summed E-state index contributed by atoms with van der Waals surface area (Å²) in [7, 11) is 0. The van der Waals surface area contributed by atoms with Gasteiger partial charge in [0.1, 0.15) is 0 Å². The summed E-state index contributed by atoms with van der Waals surface area (Å²) in [4.78, 5) is 43.5. The van der Waals surface area contributed by atoms with E-state index in [0.29, 0.717) is 34.9 Å². The number of ether oxygens (including phenoxy) is 2. The van der Waals surface area contributed by atoms with Gasteiger partial charge in [0, 0.05) is 95.3 Å². The number of amides is 1. The Labute approximate surface area is 324 Å². The van der Waals surface area contributed by atoms with E-state index in [2.05, 4.69) is 58.9 Å². The van der Waals surface area contributed by atoms with Gasteiger partial charge in [-0.05, 0) is 102 Å². The number of benzene rings is 2. The number of nitrogens with one attached hydrogen (secondary N) is 2. The van der Waals surface area contributed by atoms with Gasteiger partial charge in [0.15, 0.2) is 0 Å². The monoisotopic (exact) mass is 870 g/mol. The predicted molar refractivity (Wildman–Crippen MR) is 206 cm³/mol. The van der Waals surface area contributed by atoms with E-state index in [9.17, 15) is 32.7 Å². The van der Waals surface area contributed by atoms with Crippen molar-refractivity contribution >= 4 is 55.1 Å². The van der Waals surface area contributed by atoms with Crippen LogP contribution in [0, 0.1) is 20.8 Å². The van der Waals surface area contributed by atoms with Crippen molar-refractivity contribution < 1.29 is 37.3 Å². The van der Waals surface area contributed by atoms with Gasteiger partial charge < -0.3 is 34.7 Å². The molecule has 1 aromatic heterocycles. The Kier molecular flexibility index (Phi) is 15.0. The molecule has 2 aromatic carbocycles. The summed E-state index contributed by atoms with van der Waals surface area (Å²) in [5.74, 6) is -1.43. The van der Waals surface area contributed by atoms with Crippen LogP contribution in [0.2, 0.25) is 0 Å². The van der Waals surface area contributed by atoms with Crippen molar-refractivity contribution in [2.45, 2.75) is 85.1 Å². The van der Waals surface area contributed by atoms with Crippen molar-refractivity contribution in [2.24, 2.45) is 0 Å². The van der Waals surface area contributed by atoms with Crippen molar-refractivity contribution in [3.8, 4) is 0 Å². The molecule has 0 saturated carbocycles. The van der Waals surface area contributed by atoms with Crippen molar-refractivity contribution in [3.63, 3.8) is 0 Å². The summed E-state index contributed by atoms with van der Waals surface area (Å²) in [6.45, 7) is 13.2. The van der Waals surface area contributed by atoms with E-state index in [1.165, 1.54) is 6.92 Å². The van der Waals surface area contributed by atoms with Crippen LogP contribution in [0.5, 0.6) is 0 Å². The van der Waals surface area contributed by atoms with E-state index in [1.807, 2.05) is 32.9 Å². The number of carboxylic acids is 1. The molecular formula is C38H47Br2F3N4O6. The number of carbonyl (C=O) groups excluding carboxylic acids is 1. The van der Waals surface area contributed by atoms with Crippen LogP contribution in [-0.4, -0.2) is 73.6 Å². The first kappa shape index (κ1) is 42.3. The minimum atomic E-state index is -4.71. The lowest BCUT2D eigenvalue weighted by Gasteiger charge is -2.36. The fraction of sp³-hybridized carbons (Fsp3) is 0.500. The SMILES string of the molecule is CCN(c1cc(Br)cc(C(=O)NCc2c(C(F)(F)F)cc(C)[nH]c2=O)c1C)C1CCOCC1.CCN(c1cc(Br)cc(C(=O)O)c1C)C1CCOCC1. The third-order valence-corrected chi connectivity index (χ3v) is 10.6. The Bertz CT molecular complexity index is 1820. The van der Waals surface area contributed by atoms with E-state index in [1.54, 1.807) is 12.1 Å². The number of aromatic amines is 1. The van der Waals surface area contributed by atoms with E-state index in [4.69, 9.17) is 9.47 Å². The molecule has 5 rings (SSSR count). The number of halogens is 5. The summed E-state index contributed by atoms with van der Waals surface area (Å²) in [5.41, 5.74) is 1.79. The quantitative estimate of drug-likeness (QED) is 0.187. The van der Waals surface area contributed by atoms with Crippen LogP contribution in [0.25, 0.3) is 0 Å². The van der Waals surface area contributed by atoms with E-state index in [-0.39, 0.29) is 11.7 Å². The summed E-state index contributed by atoms with van der Waals surface area (Å²) < 4.78 is 52.7. The number of carbonyl (C=O) groups is 2. The molecule has 3 heterocycles. The van der Waals surface area contributed by atoms with Crippen molar-refractivity contribution in [2.75, 3.05) is 49.3 Å². The first-order chi connectivity index (χ1) is 25.1. The lowest BCUT2D eigenvalue weighted by atomic mass is 10.0. The number of carboxylic acid groups (broad SMARTS) is 1. The van der Waals surface area contributed by atoms with Crippen LogP contribution >= 0.6 is 31.9 Å². The number of hydrogen-bond acceptors (Lipinski definition) is 7. The molecule has 10 nitrogen and oxygen atoms in total.